The number of fused-ring (bicyclic) bond motifs is 1. The zero-order valence-electron chi connectivity index (χ0n) is 14.8. The van der Waals surface area contributed by atoms with Crippen molar-refractivity contribution in [3.05, 3.63) is 65.9 Å². The van der Waals surface area contributed by atoms with Gasteiger partial charge in [-0.3, -0.25) is 4.79 Å². The molecular formula is C20H19F3N2O2. The Balaban J connectivity index is 1.82. The van der Waals surface area contributed by atoms with Crippen molar-refractivity contribution in [3.8, 4) is 0 Å². The van der Waals surface area contributed by atoms with E-state index in [2.05, 4.69) is 5.32 Å². The van der Waals surface area contributed by atoms with Gasteiger partial charge in [0.1, 0.15) is 0 Å². The minimum Gasteiger partial charge on any atom is -0.376 e. The number of halogens is 3. The summed E-state index contributed by atoms with van der Waals surface area (Å²) in [5.41, 5.74) is -0.635. The second-order valence-corrected chi connectivity index (χ2v) is 6.67. The molecule has 1 heterocycles. The van der Waals surface area contributed by atoms with E-state index >= 15 is 0 Å². The second kappa shape index (κ2) is 6.74. The Kier molecular flexibility index (Phi) is 4.73. The van der Waals surface area contributed by atoms with Crippen LogP contribution in [0.25, 0.3) is 10.9 Å². The van der Waals surface area contributed by atoms with Gasteiger partial charge in [-0.25, -0.2) is 0 Å². The largest absolute Gasteiger partial charge is 0.421 e. The van der Waals surface area contributed by atoms with Gasteiger partial charge in [0.2, 0.25) is 5.91 Å². The van der Waals surface area contributed by atoms with Crippen molar-refractivity contribution in [1.29, 1.82) is 0 Å². The van der Waals surface area contributed by atoms with Crippen LogP contribution in [0.5, 0.6) is 0 Å². The van der Waals surface area contributed by atoms with E-state index < -0.39 is 11.8 Å². The number of aromatic nitrogens is 1. The van der Waals surface area contributed by atoms with Crippen molar-refractivity contribution in [1.82, 2.24) is 4.57 Å². The first-order chi connectivity index (χ1) is 12.6. The highest BCUT2D eigenvalue weighted by Crippen LogP contribution is 2.38. The molecule has 142 valence electrons. The van der Waals surface area contributed by atoms with Gasteiger partial charge < -0.3 is 15.0 Å². The van der Waals surface area contributed by atoms with Crippen LogP contribution in [0.3, 0.4) is 0 Å². The Labute approximate surface area is 154 Å². The fourth-order valence-electron chi connectivity index (χ4n) is 2.91. The summed E-state index contributed by atoms with van der Waals surface area (Å²) < 4.78 is 40.8. The van der Waals surface area contributed by atoms with Crippen molar-refractivity contribution >= 4 is 22.5 Å². The molecule has 2 aromatic carbocycles. The number of carbonyl (C=O) groups excluding carboxylic acids is 1. The summed E-state index contributed by atoms with van der Waals surface area (Å²) in [6, 6.07) is 13.2. The number of rotatable bonds is 4. The average molecular weight is 376 g/mol. The Morgan fingerprint density at radius 2 is 1.78 bits per heavy atom. The molecule has 1 aromatic heterocycles. The number of hydrogen-bond acceptors (Lipinski definition) is 2. The Bertz CT molecular complexity index is 973. The lowest BCUT2D eigenvalue weighted by Gasteiger charge is -2.26. The van der Waals surface area contributed by atoms with Crippen LogP contribution in [0, 0.1) is 0 Å². The van der Waals surface area contributed by atoms with Gasteiger partial charge in [0.15, 0.2) is 5.60 Å². The molecule has 1 amide bonds. The molecule has 0 fully saturated rings. The number of carbonyl (C=O) groups is 1. The number of hydrogen-bond donors (Lipinski definition) is 2. The van der Waals surface area contributed by atoms with Crippen molar-refractivity contribution in [2.24, 2.45) is 0 Å². The molecule has 3 rings (SSSR count). The highest BCUT2D eigenvalue weighted by Gasteiger charge is 2.51. The van der Waals surface area contributed by atoms with Crippen molar-refractivity contribution < 1.29 is 23.1 Å². The molecule has 27 heavy (non-hydrogen) atoms. The fourth-order valence-corrected chi connectivity index (χ4v) is 2.91. The van der Waals surface area contributed by atoms with Gasteiger partial charge in [0, 0.05) is 36.3 Å². The highest BCUT2D eigenvalue weighted by molar-refractivity contribution is 5.92. The molecule has 0 aliphatic carbocycles. The maximum Gasteiger partial charge on any atom is 0.421 e. The van der Waals surface area contributed by atoms with Crippen LogP contribution in [0.2, 0.25) is 0 Å². The molecule has 4 nitrogen and oxygen atoms in total. The maximum absolute atomic E-state index is 12.9. The molecule has 3 aromatic rings. The third-order valence-electron chi connectivity index (χ3n) is 4.51. The third kappa shape index (κ3) is 3.83. The van der Waals surface area contributed by atoms with Gasteiger partial charge in [-0.15, -0.1) is 0 Å². The molecule has 0 radical (unpaired) electrons. The maximum atomic E-state index is 12.9. The zero-order valence-corrected chi connectivity index (χ0v) is 14.8. The van der Waals surface area contributed by atoms with E-state index in [1.54, 1.807) is 18.2 Å². The van der Waals surface area contributed by atoms with Crippen LogP contribution in [-0.2, 0) is 16.9 Å². The third-order valence-corrected chi connectivity index (χ3v) is 4.51. The van der Waals surface area contributed by atoms with Crippen LogP contribution in [-0.4, -0.2) is 21.8 Å². The predicted octanol–water partition coefficient (Wildman–Crippen LogP) is 4.42. The second-order valence-electron chi connectivity index (χ2n) is 6.67. The number of nitrogens with one attached hydrogen (secondary N) is 1. The molecule has 0 bridgehead atoms. The van der Waals surface area contributed by atoms with E-state index in [1.165, 1.54) is 19.1 Å². The fraction of sp³-hybridized carbons (Fsp3) is 0.250. The Morgan fingerprint density at radius 3 is 2.37 bits per heavy atom. The molecular weight excluding hydrogens is 357 g/mol. The van der Waals surface area contributed by atoms with Gasteiger partial charge in [-0.1, -0.05) is 24.3 Å². The van der Waals surface area contributed by atoms with Gasteiger partial charge >= 0.3 is 6.18 Å². The summed E-state index contributed by atoms with van der Waals surface area (Å²) in [6.07, 6.45) is -2.86. The van der Waals surface area contributed by atoms with Crippen LogP contribution < -0.4 is 5.32 Å². The topological polar surface area (TPSA) is 54.3 Å². The molecule has 7 heteroatoms. The smallest absolute Gasteiger partial charge is 0.376 e. The molecule has 0 spiro atoms. The lowest BCUT2D eigenvalue weighted by molar-refractivity contribution is -0.258. The van der Waals surface area contributed by atoms with Crippen LogP contribution in [0.15, 0.2) is 54.7 Å². The summed E-state index contributed by atoms with van der Waals surface area (Å²) in [5.74, 6) is -0.149. The lowest BCUT2D eigenvalue weighted by atomic mass is 9.94. The van der Waals surface area contributed by atoms with E-state index in [0.717, 1.165) is 23.4 Å². The summed E-state index contributed by atoms with van der Waals surface area (Å²) in [6.45, 7) is 2.65. The van der Waals surface area contributed by atoms with Crippen LogP contribution in [0.1, 0.15) is 25.0 Å². The molecule has 0 saturated carbocycles. The molecule has 0 aliphatic heterocycles. The summed E-state index contributed by atoms with van der Waals surface area (Å²) in [4.78, 5) is 11.2. The first kappa shape index (κ1) is 19.0. The number of aliphatic hydroxyl groups is 1. The van der Waals surface area contributed by atoms with Crippen molar-refractivity contribution in [2.45, 2.75) is 32.2 Å². The van der Waals surface area contributed by atoms with Gasteiger partial charge in [-0.2, -0.15) is 13.2 Å². The monoisotopic (exact) mass is 376 g/mol. The van der Waals surface area contributed by atoms with Gasteiger partial charge in [0.05, 0.1) is 0 Å². The number of anilines is 1. The first-order valence-electron chi connectivity index (χ1n) is 8.33. The summed E-state index contributed by atoms with van der Waals surface area (Å²) in [5, 5.41) is 13.4. The number of alkyl halides is 3. The number of nitrogens with zero attached hydrogens (tertiary/aromatic N) is 1. The Hall–Kier alpha value is -2.80. The highest BCUT2D eigenvalue weighted by atomic mass is 19.4. The molecule has 0 aliphatic rings. The standard InChI is InChI=1S/C20H19F3N2O2/c1-13(26)24-17-7-8-18-15(11-17)9-10-25(18)12-14-3-5-16(6-4-14)19(2,27)20(21,22)23/h3-11,27H,12H2,1-2H3,(H,24,26). The molecule has 2 N–H and O–H groups in total. The molecule has 0 saturated heterocycles. The zero-order chi connectivity index (χ0) is 19.8. The van der Waals surface area contributed by atoms with Gasteiger partial charge in [-0.05, 0) is 42.3 Å². The first-order valence-corrected chi connectivity index (χ1v) is 8.33. The minimum absolute atomic E-state index is 0.149. The number of amides is 1. The number of benzene rings is 2. The van der Waals surface area contributed by atoms with E-state index in [0.29, 0.717) is 12.2 Å². The van der Waals surface area contributed by atoms with E-state index in [9.17, 15) is 23.1 Å². The minimum atomic E-state index is -4.74. The quantitative estimate of drug-likeness (QED) is 0.708. The Morgan fingerprint density at radius 1 is 1.11 bits per heavy atom. The van der Waals surface area contributed by atoms with Crippen molar-refractivity contribution in [3.63, 3.8) is 0 Å². The molecule has 1 atom stereocenters. The summed E-state index contributed by atoms with van der Waals surface area (Å²) in [7, 11) is 0. The predicted molar refractivity (Wildman–Crippen MR) is 97.4 cm³/mol. The molecule has 1 unspecified atom stereocenters. The normalized spacial score (nSPS) is 14.1. The van der Waals surface area contributed by atoms with E-state index in [1.807, 2.05) is 29.0 Å². The summed E-state index contributed by atoms with van der Waals surface area (Å²) >= 11 is 0. The average Bonchev–Trinajstić information content (AvgIpc) is 2.96. The SMILES string of the molecule is CC(=O)Nc1ccc2c(ccn2Cc2ccc(C(C)(O)C(F)(F)F)cc2)c1. The van der Waals surface area contributed by atoms with E-state index in [-0.39, 0.29) is 11.5 Å². The lowest BCUT2D eigenvalue weighted by Crippen LogP contribution is -2.39. The van der Waals surface area contributed by atoms with Crippen LogP contribution in [0.4, 0.5) is 18.9 Å². The van der Waals surface area contributed by atoms with Gasteiger partial charge in [0.25, 0.3) is 0 Å². The van der Waals surface area contributed by atoms with Crippen LogP contribution >= 0.6 is 0 Å². The van der Waals surface area contributed by atoms with Crippen molar-refractivity contribution in [2.75, 3.05) is 5.32 Å². The van der Waals surface area contributed by atoms with E-state index in [4.69, 9.17) is 0 Å².